The molecule has 116 valence electrons. The van der Waals surface area contributed by atoms with Crippen molar-refractivity contribution in [2.45, 2.75) is 58.7 Å². The molecule has 2 unspecified atom stereocenters. The molecule has 2 atom stereocenters. The highest BCUT2D eigenvalue weighted by Gasteiger charge is 2.35. The summed E-state index contributed by atoms with van der Waals surface area (Å²) in [5, 5.41) is 3.45. The largest absolute Gasteiger partial charge is 0.371 e. The zero-order chi connectivity index (χ0) is 14.8. The Balaban J connectivity index is 1.89. The standard InChI is InChI=1S/C16H26N4O/c1-4-8-17-15-11(3)16(19-14(5-2)18-15)20-9-12-6-7-13(10-20)21-12/h12-13H,4-10H2,1-3H3,(H,17,18,19). The van der Waals surface area contributed by atoms with E-state index < -0.39 is 0 Å². The van der Waals surface area contributed by atoms with Gasteiger partial charge in [-0.05, 0) is 26.2 Å². The molecule has 21 heavy (non-hydrogen) atoms. The minimum absolute atomic E-state index is 0.384. The van der Waals surface area contributed by atoms with Gasteiger partial charge >= 0.3 is 0 Å². The molecule has 0 aromatic carbocycles. The number of ether oxygens (including phenoxy) is 1. The van der Waals surface area contributed by atoms with Crippen molar-refractivity contribution in [2.24, 2.45) is 0 Å². The molecule has 0 radical (unpaired) electrons. The zero-order valence-corrected chi connectivity index (χ0v) is 13.4. The minimum Gasteiger partial charge on any atom is -0.371 e. The van der Waals surface area contributed by atoms with Gasteiger partial charge < -0.3 is 15.0 Å². The van der Waals surface area contributed by atoms with E-state index in [-0.39, 0.29) is 0 Å². The minimum atomic E-state index is 0.384. The second-order valence-electron chi connectivity index (χ2n) is 6.08. The normalized spacial score (nSPS) is 24.4. The Bertz CT molecular complexity index is 493. The molecule has 5 nitrogen and oxygen atoms in total. The third-order valence-electron chi connectivity index (χ3n) is 4.37. The van der Waals surface area contributed by atoms with E-state index in [0.29, 0.717) is 12.2 Å². The molecule has 2 bridgehead atoms. The molecular formula is C16H26N4O. The van der Waals surface area contributed by atoms with Gasteiger partial charge in [-0.3, -0.25) is 0 Å². The molecule has 1 aromatic rings. The number of aromatic nitrogens is 2. The van der Waals surface area contributed by atoms with Gasteiger partial charge in [0, 0.05) is 31.6 Å². The lowest BCUT2D eigenvalue weighted by molar-refractivity contribution is 0.0301. The monoisotopic (exact) mass is 290 g/mol. The number of rotatable bonds is 5. The van der Waals surface area contributed by atoms with Crippen LogP contribution in [0.15, 0.2) is 0 Å². The van der Waals surface area contributed by atoms with Crippen LogP contribution >= 0.6 is 0 Å². The molecule has 0 spiro atoms. The summed E-state index contributed by atoms with van der Waals surface area (Å²) in [6.45, 7) is 9.29. The van der Waals surface area contributed by atoms with Crippen molar-refractivity contribution in [1.29, 1.82) is 0 Å². The van der Waals surface area contributed by atoms with Crippen LogP contribution in [0.4, 0.5) is 11.6 Å². The third kappa shape index (κ3) is 2.98. The van der Waals surface area contributed by atoms with Gasteiger partial charge in [0.05, 0.1) is 12.2 Å². The van der Waals surface area contributed by atoms with Crippen LogP contribution < -0.4 is 10.2 Å². The first kappa shape index (κ1) is 14.6. The van der Waals surface area contributed by atoms with E-state index in [1.165, 1.54) is 18.4 Å². The van der Waals surface area contributed by atoms with Crippen LogP contribution in [0.5, 0.6) is 0 Å². The second kappa shape index (κ2) is 6.18. The SMILES string of the molecule is CCCNc1nc(CC)nc(N2CC3CCC(C2)O3)c1C. The molecule has 1 aromatic heterocycles. The summed E-state index contributed by atoms with van der Waals surface area (Å²) in [7, 11) is 0. The fourth-order valence-electron chi connectivity index (χ4n) is 3.22. The highest BCUT2D eigenvalue weighted by Crippen LogP contribution is 2.32. The van der Waals surface area contributed by atoms with Crippen molar-refractivity contribution >= 4 is 11.6 Å². The fraction of sp³-hybridized carbons (Fsp3) is 0.750. The maximum atomic E-state index is 5.94. The molecule has 0 aliphatic carbocycles. The number of fused-ring (bicyclic) bond motifs is 2. The molecule has 0 amide bonds. The van der Waals surface area contributed by atoms with Gasteiger partial charge in [-0.2, -0.15) is 0 Å². The Morgan fingerprint density at radius 1 is 1.19 bits per heavy atom. The molecule has 3 rings (SSSR count). The first-order chi connectivity index (χ1) is 10.2. The Morgan fingerprint density at radius 3 is 2.52 bits per heavy atom. The molecule has 2 fully saturated rings. The Labute approximate surface area is 127 Å². The molecule has 2 aliphatic rings. The average Bonchev–Trinajstić information content (AvgIpc) is 2.84. The number of anilines is 2. The van der Waals surface area contributed by atoms with Crippen molar-refractivity contribution in [3.8, 4) is 0 Å². The number of nitrogens with one attached hydrogen (secondary N) is 1. The molecule has 2 aliphatic heterocycles. The summed E-state index contributed by atoms with van der Waals surface area (Å²) in [6, 6.07) is 0. The van der Waals surface area contributed by atoms with Crippen molar-refractivity contribution in [3.63, 3.8) is 0 Å². The van der Waals surface area contributed by atoms with Crippen molar-refractivity contribution in [3.05, 3.63) is 11.4 Å². The Kier molecular flexibility index (Phi) is 4.29. The second-order valence-corrected chi connectivity index (χ2v) is 6.08. The van der Waals surface area contributed by atoms with Crippen LogP contribution in [-0.4, -0.2) is 41.8 Å². The highest BCUT2D eigenvalue weighted by molar-refractivity contribution is 5.59. The van der Waals surface area contributed by atoms with E-state index >= 15 is 0 Å². The van der Waals surface area contributed by atoms with Gasteiger partial charge in [-0.15, -0.1) is 0 Å². The maximum absolute atomic E-state index is 5.94. The summed E-state index contributed by atoms with van der Waals surface area (Å²) in [5.41, 5.74) is 1.17. The van der Waals surface area contributed by atoms with Gasteiger partial charge in [-0.1, -0.05) is 13.8 Å². The van der Waals surface area contributed by atoms with E-state index in [1.807, 2.05) is 0 Å². The smallest absolute Gasteiger partial charge is 0.137 e. The van der Waals surface area contributed by atoms with Gasteiger partial charge in [0.15, 0.2) is 0 Å². The van der Waals surface area contributed by atoms with Gasteiger partial charge in [0.2, 0.25) is 0 Å². The molecule has 0 saturated carbocycles. The Morgan fingerprint density at radius 2 is 1.90 bits per heavy atom. The number of hydrogen-bond donors (Lipinski definition) is 1. The van der Waals surface area contributed by atoms with Gasteiger partial charge in [-0.25, -0.2) is 9.97 Å². The number of hydrogen-bond acceptors (Lipinski definition) is 5. The van der Waals surface area contributed by atoms with E-state index in [1.54, 1.807) is 0 Å². The summed E-state index contributed by atoms with van der Waals surface area (Å²) in [5.74, 6) is 3.02. The van der Waals surface area contributed by atoms with Crippen molar-refractivity contribution in [2.75, 3.05) is 29.9 Å². The van der Waals surface area contributed by atoms with Crippen LogP contribution in [0.25, 0.3) is 0 Å². The molecule has 1 N–H and O–H groups in total. The van der Waals surface area contributed by atoms with Crippen molar-refractivity contribution < 1.29 is 4.74 Å². The van der Waals surface area contributed by atoms with Crippen LogP contribution in [-0.2, 0) is 11.2 Å². The summed E-state index contributed by atoms with van der Waals surface area (Å²) in [4.78, 5) is 11.9. The van der Waals surface area contributed by atoms with E-state index in [2.05, 4.69) is 36.0 Å². The average molecular weight is 290 g/mol. The number of nitrogens with zero attached hydrogens (tertiary/aromatic N) is 3. The lowest BCUT2D eigenvalue weighted by atomic mass is 10.2. The fourth-order valence-corrected chi connectivity index (χ4v) is 3.22. The van der Waals surface area contributed by atoms with Gasteiger partial charge in [0.25, 0.3) is 0 Å². The predicted octanol–water partition coefficient (Wildman–Crippen LogP) is 2.54. The third-order valence-corrected chi connectivity index (χ3v) is 4.37. The molecule has 3 heterocycles. The lowest BCUT2D eigenvalue weighted by Crippen LogP contribution is -2.43. The van der Waals surface area contributed by atoms with Gasteiger partial charge in [0.1, 0.15) is 17.5 Å². The number of morpholine rings is 1. The summed E-state index contributed by atoms with van der Waals surface area (Å²) >= 11 is 0. The maximum Gasteiger partial charge on any atom is 0.137 e. The van der Waals surface area contributed by atoms with Crippen LogP contribution in [0, 0.1) is 6.92 Å². The first-order valence-electron chi connectivity index (χ1n) is 8.23. The summed E-state index contributed by atoms with van der Waals surface area (Å²) in [6.07, 6.45) is 5.11. The van der Waals surface area contributed by atoms with E-state index in [9.17, 15) is 0 Å². The highest BCUT2D eigenvalue weighted by atomic mass is 16.5. The first-order valence-corrected chi connectivity index (χ1v) is 8.23. The zero-order valence-electron chi connectivity index (χ0n) is 13.4. The molecule has 5 heteroatoms. The van der Waals surface area contributed by atoms with E-state index in [0.717, 1.165) is 49.9 Å². The Hall–Kier alpha value is -1.36. The molecular weight excluding hydrogens is 264 g/mol. The summed E-state index contributed by atoms with van der Waals surface area (Å²) < 4.78 is 5.94. The predicted molar refractivity (Wildman–Crippen MR) is 85.0 cm³/mol. The number of aryl methyl sites for hydroxylation is 1. The van der Waals surface area contributed by atoms with Crippen LogP contribution in [0.2, 0.25) is 0 Å². The van der Waals surface area contributed by atoms with Crippen LogP contribution in [0.3, 0.4) is 0 Å². The van der Waals surface area contributed by atoms with E-state index in [4.69, 9.17) is 9.72 Å². The quantitative estimate of drug-likeness (QED) is 0.903. The lowest BCUT2D eigenvalue weighted by Gasteiger charge is -2.34. The van der Waals surface area contributed by atoms with Crippen molar-refractivity contribution in [1.82, 2.24) is 9.97 Å². The topological polar surface area (TPSA) is 50.3 Å². The molecule has 2 saturated heterocycles. The van der Waals surface area contributed by atoms with Crippen LogP contribution in [0.1, 0.15) is 44.5 Å².